The standard InChI is InChI=1S/C16H11F3N2O4S/c1-15-5-4-11(25-15)13-12(15)14(22)21(26(13,23)24)9-3-2-8(7-20)10(6-9)16(17,18)19/h2-6,11-13H,1H3/t11-,12-,13+,15+/m0/s1. The molecule has 0 aliphatic carbocycles. The summed E-state index contributed by atoms with van der Waals surface area (Å²) in [7, 11) is -4.26. The Morgan fingerprint density at radius 3 is 2.62 bits per heavy atom. The normalized spacial score (nSPS) is 34.2. The molecule has 2 fully saturated rings. The molecular weight excluding hydrogens is 373 g/mol. The number of nitrogens with zero attached hydrogens (tertiary/aromatic N) is 2. The zero-order chi connectivity index (χ0) is 19.1. The molecule has 10 heteroatoms. The third kappa shape index (κ3) is 2.01. The van der Waals surface area contributed by atoms with Crippen molar-refractivity contribution in [2.24, 2.45) is 5.92 Å². The number of sulfonamides is 1. The summed E-state index contributed by atoms with van der Waals surface area (Å²) in [6.45, 7) is 1.57. The first kappa shape index (κ1) is 17.1. The highest BCUT2D eigenvalue weighted by atomic mass is 32.2. The topological polar surface area (TPSA) is 87.5 Å². The molecular formula is C16H11F3N2O4S. The molecule has 4 atom stereocenters. The largest absolute Gasteiger partial charge is 0.417 e. The van der Waals surface area contributed by atoms with Crippen LogP contribution in [0.1, 0.15) is 18.1 Å². The monoisotopic (exact) mass is 384 g/mol. The molecule has 4 rings (SSSR count). The van der Waals surface area contributed by atoms with Crippen molar-refractivity contribution >= 4 is 21.6 Å². The second kappa shape index (κ2) is 4.86. The molecule has 1 aromatic carbocycles. The molecule has 3 aliphatic heterocycles. The molecule has 3 aliphatic rings. The van der Waals surface area contributed by atoms with Crippen molar-refractivity contribution in [1.82, 2.24) is 0 Å². The first-order valence-electron chi connectivity index (χ1n) is 7.57. The number of alkyl halides is 3. The Labute approximate surface area is 146 Å². The number of carbonyl (C=O) groups is 1. The fraction of sp³-hybridized carbons (Fsp3) is 0.375. The van der Waals surface area contributed by atoms with Crippen LogP contribution in [0, 0.1) is 17.2 Å². The van der Waals surface area contributed by atoms with Gasteiger partial charge in [0.1, 0.15) is 5.25 Å². The Balaban J connectivity index is 1.86. The van der Waals surface area contributed by atoms with Crippen molar-refractivity contribution in [1.29, 1.82) is 5.26 Å². The first-order valence-corrected chi connectivity index (χ1v) is 9.07. The highest BCUT2D eigenvalue weighted by Crippen LogP contribution is 2.52. The van der Waals surface area contributed by atoms with Gasteiger partial charge in [-0.1, -0.05) is 12.2 Å². The predicted octanol–water partition coefficient (Wildman–Crippen LogP) is 1.97. The Morgan fingerprint density at radius 2 is 2.04 bits per heavy atom. The van der Waals surface area contributed by atoms with Gasteiger partial charge in [0.15, 0.2) is 0 Å². The van der Waals surface area contributed by atoms with Crippen LogP contribution in [0.15, 0.2) is 30.4 Å². The molecule has 0 saturated carbocycles. The molecule has 1 aromatic rings. The number of rotatable bonds is 1. The van der Waals surface area contributed by atoms with Crippen molar-refractivity contribution in [3.63, 3.8) is 0 Å². The highest BCUT2D eigenvalue weighted by Gasteiger charge is 2.69. The molecule has 2 saturated heterocycles. The van der Waals surface area contributed by atoms with Gasteiger partial charge in [0.2, 0.25) is 15.9 Å². The minimum absolute atomic E-state index is 0.416. The summed E-state index contributed by atoms with van der Waals surface area (Å²) in [6.07, 6.45) is -2.52. The highest BCUT2D eigenvalue weighted by molar-refractivity contribution is 7.94. The van der Waals surface area contributed by atoms with E-state index >= 15 is 0 Å². The van der Waals surface area contributed by atoms with Gasteiger partial charge in [-0.3, -0.25) is 4.79 Å². The van der Waals surface area contributed by atoms with Crippen LogP contribution >= 0.6 is 0 Å². The molecule has 0 aromatic heterocycles. The zero-order valence-electron chi connectivity index (χ0n) is 13.2. The van der Waals surface area contributed by atoms with Gasteiger partial charge in [-0.05, 0) is 25.1 Å². The minimum Gasteiger partial charge on any atom is -0.362 e. The third-order valence-corrected chi connectivity index (χ3v) is 7.13. The average Bonchev–Trinajstić information content (AvgIpc) is 3.13. The maximum atomic E-state index is 13.2. The predicted molar refractivity (Wildman–Crippen MR) is 82.3 cm³/mol. The van der Waals surface area contributed by atoms with E-state index in [0.29, 0.717) is 10.4 Å². The van der Waals surface area contributed by atoms with Gasteiger partial charge in [-0.15, -0.1) is 0 Å². The van der Waals surface area contributed by atoms with Crippen LogP contribution in [0.25, 0.3) is 0 Å². The quantitative estimate of drug-likeness (QED) is 0.691. The second-order valence-corrected chi connectivity index (χ2v) is 8.49. The molecule has 0 spiro atoms. The lowest BCUT2D eigenvalue weighted by Crippen LogP contribution is -2.38. The van der Waals surface area contributed by atoms with Crippen LogP contribution in [0.4, 0.5) is 18.9 Å². The molecule has 6 nitrogen and oxygen atoms in total. The van der Waals surface area contributed by atoms with E-state index in [2.05, 4.69) is 0 Å². The number of fused-ring (bicyclic) bond motifs is 5. The van der Waals surface area contributed by atoms with E-state index in [4.69, 9.17) is 10.00 Å². The van der Waals surface area contributed by atoms with Crippen LogP contribution in [-0.2, 0) is 25.7 Å². The first-order chi connectivity index (χ1) is 12.0. The summed E-state index contributed by atoms with van der Waals surface area (Å²) in [5.74, 6) is -1.85. The molecule has 1 amide bonds. The van der Waals surface area contributed by atoms with Crippen LogP contribution < -0.4 is 4.31 Å². The van der Waals surface area contributed by atoms with E-state index in [0.717, 1.165) is 12.1 Å². The Kier molecular flexibility index (Phi) is 3.19. The molecule has 0 radical (unpaired) electrons. The number of carbonyl (C=O) groups excluding carboxylic acids is 1. The summed E-state index contributed by atoms with van der Waals surface area (Å²) in [4.78, 5) is 12.8. The third-order valence-electron chi connectivity index (χ3n) is 5.00. The summed E-state index contributed by atoms with van der Waals surface area (Å²) in [6, 6.07) is 3.83. The van der Waals surface area contributed by atoms with Gasteiger partial charge < -0.3 is 4.74 Å². The Bertz CT molecular complexity index is 1010. The molecule has 26 heavy (non-hydrogen) atoms. The van der Waals surface area contributed by atoms with Gasteiger partial charge in [0.05, 0.1) is 40.5 Å². The molecule has 2 bridgehead atoms. The van der Waals surface area contributed by atoms with Crippen molar-refractivity contribution in [2.75, 3.05) is 4.31 Å². The van der Waals surface area contributed by atoms with E-state index in [9.17, 15) is 26.4 Å². The SMILES string of the molecule is C[C@]12C=C[C@H](O1)[C@@H]1[C@H]2C(=O)N(c2ccc(C#N)c(C(F)(F)F)c2)S1(=O)=O. The number of nitriles is 1. The zero-order valence-corrected chi connectivity index (χ0v) is 14.0. The fourth-order valence-electron chi connectivity index (χ4n) is 3.89. The van der Waals surface area contributed by atoms with Crippen molar-refractivity contribution < 1.29 is 31.1 Å². The molecule has 3 heterocycles. The van der Waals surface area contributed by atoms with Crippen LogP contribution in [-0.4, -0.2) is 31.3 Å². The maximum Gasteiger partial charge on any atom is 0.417 e. The number of hydrogen-bond acceptors (Lipinski definition) is 5. The summed E-state index contributed by atoms with van der Waals surface area (Å²) in [5.41, 5.74) is -3.48. The summed E-state index contributed by atoms with van der Waals surface area (Å²) in [5, 5.41) is 7.69. The smallest absolute Gasteiger partial charge is 0.362 e. The van der Waals surface area contributed by atoms with E-state index in [1.54, 1.807) is 19.1 Å². The van der Waals surface area contributed by atoms with E-state index in [1.165, 1.54) is 6.07 Å². The lowest BCUT2D eigenvalue weighted by molar-refractivity contribution is -0.137. The van der Waals surface area contributed by atoms with E-state index in [1.807, 2.05) is 0 Å². The van der Waals surface area contributed by atoms with Crippen molar-refractivity contribution in [2.45, 2.75) is 30.1 Å². The average molecular weight is 384 g/mol. The molecule has 136 valence electrons. The van der Waals surface area contributed by atoms with Crippen LogP contribution in [0.3, 0.4) is 0 Å². The second-order valence-electron chi connectivity index (χ2n) is 6.55. The Hall–Kier alpha value is -2.38. The van der Waals surface area contributed by atoms with Crippen molar-refractivity contribution in [3.8, 4) is 6.07 Å². The van der Waals surface area contributed by atoms with Gasteiger partial charge in [0.25, 0.3) is 0 Å². The Morgan fingerprint density at radius 1 is 1.35 bits per heavy atom. The lowest BCUT2D eigenvalue weighted by Gasteiger charge is -2.24. The summed E-state index contributed by atoms with van der Waals surface area (Å²) >= 11 is 0. The van der Waals surface area contributed by atoms with Crippen LogP contribution in [0.2, 0.25) is 0 Å². The number of hydrogen-bond donors (Lipinski definition) is 0. The van der Waals surface area contributed by atoms with Crippen molar-refractivity contribution in [3.05, 3.63) is 41.5 Å². The molecule has 0 unspecified atom stereocenters. The maximum absolute atomic E-state index is 13.2. The van der Waals surface area contributed by atoms with Crippen LogP contribution in [0.5, 0.6) is 0 Å². The van der Waals surface area contributed by atoms with E-state index < -0.39 is 61.8 Å². The van der Waals surface area contributed by atoms with Gasteiger partial charge in [-0.25, -0.2) is 12.7 Å². The summed E-state index contributed by atoms with van der Waals surface area (Å²) < 4.78 is 71.3. The number of benzene rings is 1. The van der Waals surface area contributed by atoms with Gasteiger partial charge in [-0.2, -0.15) is 18.4 Å². The molecule has 0 N–H and O–H groups in total. The lowest BCUT2D eigenvalue weighted by atomic mass is 9.83. The number of anilines is 1. The fourth-order valence-corrected chi connectivity index (χ4v) is 6.12. The number of ether oxygens (including phenoxy) is 1. The number of amides is 1. The van der Waals surface area contributed by atoms with Gasteiger partial charge in [0, 0.05) is 0 Å². The van der Waals surface area contributed by atoms with Gasteiger partial charge >= 0.3 is 6.18 Å². The van der Waals surface area contributed by atoms with E-state index in [-0.39, 0.29) is 0 Å². The minimum atomic E-state index is -4.86. The number of halogens is 3.